The van der Waals surface area contributed by atoms with Crippen LogP contribution in [0.3, 0.4) is 0 Å². The molecule has 4 amide bonds. The monoisotopic (exact) mass is 540 g/mol. The third kappa shape index (κ3) is 9.31. The summed E-state index contributed by atoms with van der Waals surface area (Å²) < 4.78 is 10.5. The summed E-state index contributed by atoms with van der Waals surface area (Å²) in [5.41, 5.74) is 7.44. The van der Waals surface area contributed by atoms with E-state index in [0.717, 1.165) is 11.1 Å². The first kappa shape index (κ1) is 31.1. The van der Waals surface area contributed by atoms with Crippen LogP contribution in [-0.4, -0.2) is 54.0 Å². The number of alkyl carbamates (subject to hydrolysis) is 1. The van der Waals surface area contributed by atoms with Crippen LogP contribution in [0.4, 0.5) is 10.5 Å². The zero-order valence-corrected chi connectivity index (χ0v) is 23.8. The molecule has 0 saturated carbocycles. The number of benzene rings is 2. The number of primary amides is 1. The van der Waals surface area contributed by atoms with Crippen molar-refractivity contribution in [3.8, 4) is 5.75 Å². The number of anilines is 1. The molecule has 0 bridgehead atoms. The van der Waals surface area contributed by atoms with Gasteiger partial charge in [-0.1, -0.05) is 23.8 Å². The maximum atomic E-state index is 13.9. The molecule has 39 heavy (non-hydrogen) atoms. The highest BCUT2D eigenvalue weighted by Crippen LogP contribution is 2.28. The molecule has 2 atom stereocenters. The number of aryl methyl sites for hydroxylation is 2. The van der Waals surface area contributed by atoms with Gasteiger partial charge in [0.05, 0.1) is 7.11 Å². The molecular formula is C29H40N4O6. The molecule has 10 nitrogen and oxygen atoms in total. The quantitative estimate of drug-likeness (QED) is 0.394. The van der Waals surface area contributed by atoms with E-state index in [0.29, 0.717) is 17.0 Å². The van der Waals surface area contributed by atoms with Crippen molar-refractivity contribution in [3.63, 3.8) is 0 Å². The van der Waals surface area contributed by atoms with E-state index in [1.165, 1.54) is 4.90 Å². The van der Waals surface area contributed by atoms with Crippen LogP contribution in [0.5, 0.6) is 5.75 Å². The Morgan fingerprint density at radius 1 is 1.03 bits per heavy atom. The van der Waals surface area contributed by atoms with E-state index < -0.39 is 41.5 Å². The first-order valence-electron chi connectivity index (χ1n) is 12.9. The normalized spacial score (nSPS) is 12.6. The largest absolute Gasteiger partial charge is 0.497 e. The molecule has 2 aromatic rings. The number of nitrogens with zero attached hydrogens (tertiary/aromatic N) is 1. The molecule has 0 spiro atoms. The lowest BCUT2D eigenvalue weighted by molar-refractivity contribution is -0.140. The minimum atomic E-state index is -1.14. The molecular weight excluding hydrogens is 500 g/mol. The van der Waals surface area contributed by atoms with Crippen molar-refractivity contribution in [1.82, 2.24) is 10.2 Å². The molecule has 10 heteroatoms. The lowest BCUT2D eigenvalue weighted by atomic mass is 9.95. The molecule has 0 aliphatic heterocycles. The third-order valence-corrected chi connectivity index (χ3v) is 5.94. The highest BCUT2D eigenvalue weighted by atomic mass is 16.6. The summed E-state index contributed by atoms with van der Waals surface area (Å²) in [5.74, 6) is -0.963. The number of rotatable bonds is 11. The van der Waals surface area contributed by atoms with E-state index in [-0.39, 0.29) is 19.4 Å². The topological polar surface area (TPSA) is 140 Å². The molecule has 0 radical (unpaired) electrons. The Morgan fingerprint density at radius 3 is 2.21 bits per heavy atom. The van der Waals surface area contributed by atoms with Crippen molar-refractivity contribution >= 4 is 29.5 Å². The zero-order valence-electron chi connectivity index (χ0n) is 23.8. The molecule has 2 rings (SSSR count). The van der Waals surface area contributed by atoms with E-state index in [4.69, 9.17) is 15.2 Å². The second kappa shape index (κ2) is 13.6. The Morgan fingerprint density at radius 2 is 1.67 bits per heavy atom. The molecule has 2 unspecified atom stereocenters. The summed E-state index contributed by atoms with van der Waals surface area (Å²) in [6.07, 6.45) is -1.01. The lowest BCUT2D eigenvalue weighted by Crippen LogP contribution is -2.52. The number of nitrogens with one attached hydrogen (secondary N) is 2. The van der Waals surface area contributed by atoms with E-state index in [1.807, 2.05) is 32.0 Å². The van der Waals surface area contributed by atoms with E-state index in [9.17, 15) is 19.2 Å². The van der Waals surface area contributed by atoms with E-state index in [2.05, 4.69) is 10.6 Å². The first-order chi connectivity index (χ1) is 18.2. The number of likely N-dealkylation sites (N-methyl/N-ethyl adjacent to an activating group) is 1. The summed E-state index contributed by atoms with van der Waals surface area (Å²) in [6, 6.07) is 10.4. The highest BCUT2D eigenvalue weighted by Gasteiger charge is 2.36. The van der Waals surface area contributed by atoms with Gasteiger partial charge in [-0.05, 0) is 83.4 Å². The summed E-state index contributed by atoms with van der Waals surface area (Å²) in [7, 11) is 1.55. The lowest BCUT2D eigenvalue weighted by Gasteiger charge is -2.34. The average Bonchev–Trinajstić information content (AvgIpc) is 2.85. The Kier molecular flexibility index (Phi) is 10.9. The molecule has 0 aliphatic rings. The molecule has 0 aliphatic carbocycles. The number of carbonyl (C=O) groups is 4. The number of carbonyl (C=O) groups excluding carboxylic acids is 4. The predicted molar refractivity (Wildman–Crippen MR) is 149 cm³/mol. The molecule has 212 valence electrons. The van der Waals surface area contributed by atoms with Crippen LogP contribution in [0.1, 0.15) is 63.3 Å². The number of nitrogens with two attached hydrogens (primary N) is 1. The van der Waals surface area contributed by atoms with Gasteiger partial charge >= 0.3 is 6.09 Å². The molecule has 0 saturated heterocycles. The van der Waals surface area contributed by atoms with Gasteiger partial charge in [0, 0.05) is 18.7 Å². The molecule has 4 N–H and O–H groups in total. The number of hydrogen-bond acceptors (Lipinski definition) is 6. The fourth-order valence-corrected chi connectivity index (χ4v) is 4.05. The molecule has 0 aromatic heterocycles. The van der Waals surface area contributed by atoms with Gasteiger partial charge in [0.25, 0.3) is 5.91 Å². The number of methoxy groups -OCH3 is 1. The van der Waals surface area contributed by atoms with Crippen LogP contribution in [0.15, 0.2) is 42.5 Å². The Bertz CT molecular complexity index is 1170. The van der Waals surface area contributed by atoms with Crippen molar-refractivity contribution in [1.29, 1.82) is 0 Å². The fourth-order valence-electron chi connectivity index (χ4n) is 4.05. The minimum Gasteiger partial charge on any atom is -0.497 e. The summed E-state index contributed by atoms with van der Waals surface area (Å²) in [6.45, 7) is 10.8. The van der Waals surface area contributed by atoms with Gasteiger partial charge in [-0.15, -0.1) is 0 Å². The third-order valence-electron chi connectivity index (χ3n) is 5.94. The smallest absolute Gasteiger partial charge is 0.408 e. The van der Waals surface area contributed by atoms with Crippen molar-refractivity contribution in [2.45, 2.75) is 72.1 Å². The Hall–Kier alpha value is -4.08. The second-order valence-electron chi connectivity index (χ2n) is 10.3. The van der Waals surface area contributed by atoms with Gasteiger partial charge in [0.1, 0.15) is 23.4 Å². The zero-order chi connectivity index (χ0) is 29.3. The van der Waals surface area contributed by atoms with Gasteiger partial charge in [0.15, 0.2) is 0 Å². The van der Waals surface area contributed by atoms with Gasteiger partial charge in [-0.2, -0.15) is 0 Å². The maximum Gasteiger partial charge on any atom is 0.408 e. The summed E-state index contributed by atoms with van der Waals surface area (Å²) in [4.78, 5) is 53.3. The number of amides is 4. The van der Waals surface area contributed by atoms with Gasteiger partial charge in [0.2, 0.25) is 11.8 Å². The number of hydrogen-bond donors (Lipinski definition) is 3. The fraction of sp³-hybridized carbons (Fsp3) is 0.448. The van der Waals surface area contributed by atoms with Crippen LogP contribution in [0.2, 0.25) is 0 Å². The Labute approximate surface area is 230 Å². The van der Waals surface area contributed by atoms with Crippen LogP contribution < -0.4 is 21.1 Å². The molecule has 0 heterocycles. The van der Waals surface area contributed by atoms with E-state index >= 15 is 0 Å². The van der Waals surface area contributed by atoms with Gasteiger partial charge in [-0.3, -0.25) is 14.4 Å². The SMILES string of the molecule is CCN(C(=O)C(CCC(N)=O)NC(=O)OC(C)(C)C)C(C(=O)Nc1ccc(OC)cc1)c1cc(C)ccc1C. The molecule has 0 fully saturated rings. The standard InChI is InChI=1S/C29H40N4O6/c1-8-33(27(36)23(15-16-24(30)34)32-28(37)39-29(4,5)6)25(22-17-18(2)9-10-19(22)3)26(35)31-20-11-13-21(38-7)14-12-20/h9-14,17,23,25H,8,15-16H2,1-7H3,(H2,30,34)(H,31,35)(H,32,37). The van der Waals surface area contributed by atoms with Crippen LogP contribution in [0, 0.1) is 13.8 Å². The van der Waals surface area contributed by atoms with Crippen molar-refractivity contribution in [2.75, 3.05) is 19.0 Å². The van der Waals surface area contributed by atoms with Crippen LogP contribution in [0.25, 0.3) is 0 Å². The van der Waals surface area contributed by atoms with Crippen LogP contribution >= 0.6 is 0 Å². The van der Waals surface area contributed by atoms with E-state index in [1.54, 1.807) is 59.1 Å². The van der Waals surface area contributed by atoms with Crippen molar-refractivity contribution in [2.24, 2.45) is 5.73 Å². The first-order valence-corrected chi connectivity index (χ1v) is 12.9. The van der Waals surface area contributed by atoms with Crippen LogP contribution in [-0.2, 0) is 19.1 Å². The second-order valence-corrected chi connectivity index (χ2v) is 10.3. The van der Waals surface area contributed by atoms with Crippen molar-refractivity contribution < 1.29 is 28.7 Å². The van der Waals surface area contributed by atoms with Gasteiger partial charge < -0.3 is 30.7 Å². The minimum absolute atomic E-state index is 0.0521. The average molecular weight is 541 g/mol. The Balaban J connectivity index is 2.50. The summed E-state index contributed by atoms with van der Waals surface area (Å²) in [5, 5.41) is 5.47. The summed E-state index contributed by atoms with van der Waals surface area (Å²) >= 11 is 0. The number of ether oxygens (including phenoxy) is 2. The van der Waals surface area contributed by atoms with Crippen molar-refractivity contribution in [3.05, 3.63) is 59.2 Å². The highest BCUT2D eigenvalue weighted by molar-refractivity contribution is 5.99. The predicted octanol–water partition coefficient (Wildman–Crippen LogP) is 4.00. The maximum absolute atomic E-state index is 13.9. The van der Waals surface area contributed by atoms with Gasteiger partial charge in [-0.25, -0.2) is 4.79 Å². The molecule has 2 aromatic carbocycles.